The third-order valence-electron chi connectivity index (χ3n) is 9.23. The molecule has 34 heavy (non-hydrogen) atoms. The first kappa shape index (κ1) is 19.4. The van der Waals surface area contributed by atoms with Crippen LogP contribution in [0, 0.1) is 5.92 Å². The maximum absolute atomic E-state index is 12.9. The summed E-state index contributed by atoms with van der Waals surface area (Å²) in [5.41, 5.74) is 4.33. The van der Waals surface area contributed by atoms with Gasteiger partial charge < -0.3 is 14.9 Å². The molecule has 6 heteroatoms. The molecular formula is C28H27N3O3. The minimum absolute atomic E-state index is 0.00734. The Kier molecular flexibility index (Phi) is 3.63. The second-order valence-corrected chi connectivity index (χ2v) is 10.9. The SMILES string of the molecule is Oc1ccc2c3c1O[C@H]1c4ncnc(-c5ccccc5)c4C[C@@]4(O)C(C2)N(CC2CC2)CCC314. The summed E-state index contributed by atoms with van der Waals surface area (Å²) in [5.74, 6) is 1.45. The number of phenolic OH excluding ortho intramolecular Hbond substituents is 1. The highest BCUT2D eigenvalue weighted by Gasteiger charge is 2.73. The van der Waals surface area contributed by atoms with Gasteiger partial charge in [-0.25, -0.2) is 9.97 Å². The van der Waals surface area contributed by atoms with Crippen LogP contribution in [0.1, 0.15) is 47.8 Å². The highest BCUT2D eigenvalue weighted by atomic mass is 16.5. The zero-order chi connectivity index (χ0) is 22.7. The van der Waals surface area contributed by atoms with Crippen LogP contribution in [0.25, 0.3) is 11.3 Å². The summed E-state index contributed by atoms with van der Waals surface area (Å²) in [6.45, 7) is 1.99. The molecule has 172 valence electrons. The zero-order valence-electron chi connectivity index (χ0n) is 18.9. The number of rotatable bonds is 3. The van der Waals surface area contributed by atoms with E-state index in [0.29, 0.717) is 12.2 Å². The molecular weight excluding hydrogens is 426 g/mol. The lowest BCUT2D eigenvalue weighted by molar-refractivity contribution is -0.173. The fourth-order valence-corrected chi connectivity index (χ4v) is 7.59. The first-order valence-corrected chi connectivity index (χ1v) is 12.5. The van der Waals surface area contributed by atoms with Gasteiger partial charge in [-0.3, -0.25) is 4.90 Å². The van der Waals surface area contributed by atoms with Crippen LogP contribution >= 0.6 is 0 Å². The first-order valence-electron chi connectivity index (χ1n) is 12.5. The number of benzene rings is 2. The fourth-order valence-electron chi connectivity index (χ4n) is 7.59. The van der Waals surface area contributed by atoms with E-state index in [0.717, 1.165) is 59.9 Å². The van der Waals surface area contributed by atoms with Crippen molar-refractivity contribution in [3.63, 3.8) is 0 Å². The number of likely N-dealkylation sites (tertiary alicyclic amines) is 1. The molecule has 3 aliphatic carbocycles. The standard InChI is InChI=1S/C28H27N3O3/c32-20-9-8-18-12-21-28(33)13-19-23(17-4-2-1-3-5-17)29-15-30-24(19)26-27(28,22(18)25(20)34-26)10-11-31(21)14-16-6-7-16/h1-5,8-9,15-16,21,26,32-33H,6-7,10-14H2/t21?,26-,27?,28+/m0/s1. The number of hydrogen-bond donors (Lipinski definition) is 2. The average molecular weight is 454 g/mol. The smallest absolute Gasteiger partial charge is 0.166 e. The third kappa shape index (κ3) is 2.24. The van der Waals surface area contributed by atoms with Crippen LogP contribution < -0.4 is 4.74 Å². The Bertz CT molecular complexity index is 1340. The molecule has 3 heterocycles. The van der Waals surface area contributed by atoms with E-state index in [1.54, 1.807) is 12.4 Å². The van der Waals surface area contributed by atoms with Crippen LogP contribution in [0.3, 0.4) is 0 Å². The Balaban J connectivity index is 1.39. The summed E-state index contributed by atoms with van der Waals surface area (Å²) in [7, 11) is 0. The molecule has 6 nitrogen and oxygen atoms in total. The Labute approximate surface area is 198 Å². The first-order chi connectivity index (χ1) is 16.6. The van der Waals surface area contributed by atoms with Crippen LogP contribution in [0.15, 0.2) is 48.8 Å². The van der Waals surface area contributed by atoms with E-state index in [-0.39, 0.29) is 11.8 Å². The lowest BCUT2D eigenvalue weighted by Crippen LogP contribution is -2.74. The number of hydrogen-bond acceptors (Lipinski definition) is 6. The molecule has 5 aliphatic rings. The van der Waals surface area contributed by atoms with Crippen LogP contribution in [0.4, 0.5) is 0 Å². The highest BCUT2D eigenvalue weighted by molar-refractivity contribution is 5.69. The minimum Gasteiger partial charge on any atom is -0.504 e. The van der Waals surface area contributed by atoms with Crippen molar-refractivity contribution in [1.29, 1.82) is 0 Å². The van der Waals surface area contributed by atoms with E-state index in [9.17, 15) is 10.2 Å². The molecule has 2 N–H and O–H groups in total. The van der Waals surface area contributed by atoms with Crippen LogP contribution in [-0.4, -0.2) is 49.8 Å². The molecule has 2 bridgehead atoms. The summed E-state index contributed by atoms with van der Waals surface area (Å²) in [5, 5.41) is 23.7. The number of piperidine rings is 1. The van der Waals surface area contributed by atoms with E-state index in [1.807, 2.05) is 24.3 Å². The number of phenols is 1. The van der Waals surface area contributed by atoms with Crippen molar-refractivity contribution in [3.8, 4) is 22.8 Å². The van der Waals surface area contributed by atoms with Crippen molar-refractivity contribution in [2.24, 2.45) is 5.92 Å². The third-order valence-corrected chi connectivity index (χ3v) is 9.23. The molecule has 4 atom stereocenters. The summed E-state index contributed by atoms with van der Waals surface area (Å²) < 4.78 is 6.60. The van der Waals surface area contributed by atoms with E-state index in [1.165, 1.54) is 18.4 Å². The van der Waals surface area contributed by atoms with Gasteiger partial charge in [-0.05, 0) is 49.8 Å². The van der Waals surface area contributed by atoms with Gasteiger partial charge in [0.25, 0.3) is 0 Å². The number of ether oxygens (including phenoxy) is 1. The van der Waals surface area contributed by atoms with Crippen molar-refractivity contribution in [2.45, 2.75) is 55.3 Å². The molecule has 0 amide bonds. The predicted octanol–water partition coefficient (Wildman–Crippen LogP) is 3.55. The normalized spacial score (nSPS) is 32.6. The number of aliphatic hydroxyl groups is 1. The van der Waals surface area contributed by atoms with Crippen molar-refractivity contribution >= 4 is 0 Å². The van der Waals surface area contributed by atoms with Gasteiger partial charge in [-0.1, -0.05) is 36.4 Å². The topological polar surface area (TPSA) is 78.7 Å². The summed E-state index contributed by atoms with van der Waals surface area (Å²) >= 11 is 0. The molecule has 2 unspecified atom stereocenters. The Morgan fingerprint density at radius 3 is 2.76 bits per heavy atom. The largest absolute Gasteiger partial charge is 0.504 e. The van der Waals surface area contributed by atoms with Crippen LogP contribution in [0.5, 0.6) is 11.5 Å². The molecule has 0 radical (unpaired) electrons. The summed E-state index contributed by atoms with van der Waals surface area (Å²) in [6, 6.07) is 14.0. The molecule has 2 fully saturated rings. The molecule has 2 aliphatic heterocycles. The van der Waals surface area contributed by atoms with E-state index in [2.05, 4.69) is 22.0 Å². The van der Waals surface area contributed by atoms with Crippen molar-refractivity contribution in [2.75, 3.05) is 13.1 Å². The lowest BCUT2D eigenvalue weighted by Gasteiger charge is -2.63. The van der Waals surface area contributed by atoms with E-state index < -0.39 is 17.1 Å². The molecule has 1 saturated heterocycles. The van der Waals surface area contributed by atoms with Gasteiger partial charge in [0.2, 0.25) is 0 Å². The molecule has 8 rings (SSSR count). The average Bonchev–Trinajstić information content (AvgIpc) is 3.59. The maximum Gasteiger partial charge on any atom is 0.166 e. The molecule has 2 aromatic carbocycles. The van der Waals surface area contributed by atoms with Crippen LogP contribution in [0.2, 0.25) is 0 Å². The van der Waals surface area contributed by atoms with Crippen LogP contribution in [-0.2, 0) is 18.3 Å². The zero-order valence-corrected chi connectivity index (χ0v) is 18.9. The number of aromatic hydroxyl groups is 1. The summed E-state index contributed by atoms with van der Waals surface area (Å²) in [4.78, 5) is 12.0. The Morgan fingerprint density at radius 2 is 1.94 bits per heavy atom. The quantitative estimate of drug-likeness (QED) is 0.632. The van der Waals surface area contributed by atoms with Gasteiger partial charge in [0.05, 0.1) is 22.4 Å². The summed E-state index contributed by atoms with van der Waals surface area (Å²) in [6.07, 6.45) is 5.84. The predicted molar refractivity (Wildman–Crippen MR) is 126 cm³/mol. The Morgan fingerprint density at radius 1 is 1.09 bits per heavy atom. The number of aromatic nitrogens is 2. The highest BCUT2D eigenvalue weighted by Crippen LogP contribution is 2.68. The van der Waals surface area contributed by atoms with Gasteiger partial charge in [0.1, 0.15) is 6.33 Å². The lowest BCUT2D eigenvalue weighted by atomic mass is 9.48. The Hall–Kier alpha value is -2.96. The fraction of sp³-hybridized carbons (Fsp3) is 0.429. The van der Waals surface area contributed by atoms with Gasteiger partial charge in [-0.15, -0.1) is 0 Å². The van der Waals surface area contributed by atoms with Crippen molar-refractivity contribution in [3.05, 3.63) is 71.2 Å². The second-order valence-electron chi connectivity index (χ2n) is 10.9. The maximum atomic E-state index is 12.9. The molecule has 1 saturated carbocycles. The molecule has 1 aromatic heterocycles. The van der Waals surface area contributed by atoms with Gasteiger partial charge in [0, 0.05) is 35.7 Å². The number of fused-ring (bicyclic) bond motifs is 2. The van der Waals surface area contributed by atoms with Crippen molar-refractivity contribution < 1.29 is 14.9 Å². The van der Waals surface area contributed by atoms with E-state index in [4.69, 9.17) is 9.72 Å². The van der Waals surface area contributed by atoms with Gasteiger partial charge in [0.15, 0.2) is 17.6 Å². The van der Waals surface area contributed by atoms with Crippen molar-refractivity contribution in [1.82, 2.24) is 14.9 Å². The number of nitrogens with zero attached hydrogens (tertiary/aromatic N) is 3. The molecule has 1 spiro atoms. The second kappa shape index (κ2) is 6.37. The van der Waals surface area contributed by atoms with E-state index >= 15 is 0 Å². The molecule has 3 aromatic rings. The monoisotopic (exact) mass is 453 g/mol. The van der Waals surface area contributed by atoms with Gasteiger partial charge >= 0.3 is 0 Å². The van der Waals surface area contributed by atoms with Gasteiger partial charge in [-0.2, -0.15) is 0 Å². The minimum atomic E-state index is -1.02.